The number of ether oxygens (including phenoxy) is 2. The normalized spacial score (nSPS) is 9.71. The van der Waals surface area contributed by atoms with Gasteiger partial charge in [-0.15, -0.1) is 0 Å². The highest BCUT2D eigenvalue weighted by atomic mass is 16.6. The predicted octanol–water partition coefficient (Wildman–Crippen LogP) is 2.45. The summed E-state index contributed by atoms with van der Waals surface area (Å²) >= 11 is 0. The quantitative estimate of drug-likeness (QED) is 0.618. The number of pyridine rings is 1. The summed E-state index contributed by atoms with van der Waals surface area (Å²) in [6.07, 6.45) is 1.52. The fraction of sp³-hybridized carbons (Fsp3) is 0.143. The monoisotopic (exact) mass is 285 g/mol. The van der Waals surface area contributed by atoms with Crippen molar-refractivity contribution in [1.29, 1.82) is 5.26 Å². The maximum Gasteiger partial charge on any atom is 0.273 e. The highest BCUT2D eigenvalue weighted by Crippen LogP contribution is 2.31. The second kappa shape index (κ2) is 6.34. The van der Waals surface area contributed by atoms with Gasteiger partial charge in [-0.05, 0) is 23.8 Å². The molecule has 2 aromatic rings. The van der Waals surface area contributed by atoms with E-state index in [2.05, 4.69) is 4.98 Å². The minimum atomic E-state index is -0.506. The first-order chi connectivity index (χ1) is 10.1. The molecule has 21 heavy (non-hydrogen) atoms. The standard InChI is InChI=1S/C14H11N3O4/c1-20-14-7-12(17(18)19)2-3-13(14)21-9-10-4-5-16-11(6-10)8-15/h2-7H,9H2,1H3. The van der Waals surface area contributed by atoms with E-state index in [1.165, 1.54) is 31.5 Å². The van der Waals surface area contributed by atoms with Crippen LogP contribution in [0.3, 0.4) is 0 Å². The van der Waals surface area contributed by atoms with Gasteiger partial charge in [-0.25, -0.2) is 4.98 Å². The molecule has 0 bridgehead atoms. The van der Waals surface area contributed by atoms with E-state index >= 15 is 0 Å². The first-order valence-electron chi connectivity index (χ1n) is 5.94. The molecule has 0 unspecified atom stereocenters. The first-order valence-corrected chi connectivity index (χ1v) is 5.94. The molecule has 0 saturated heterocycles. The second-order valence-electron chi connectivity index (χ2n) is 4.04. The van der Waals surface area contributed by atoms with Crippen molar-refractivity contribution in [2.75, 3.05) is 7.11 Å². The third-order valence-corrected chi connectivity index (χ3v) is 2.69. The molecule has 7 heteroatoms. The molecule has 1 aromatic heterocycles. The topological polar surface area (TPSA) is 98.3 Å². The summed E-state index contributed by atoms with van der Waals surface area (Å²) in [5, 5.41) is 19.5. The lowest BCUT2D eigenvalue weighted by Gasteiger charge is -2.10. The molecule has 0 amide bonds. The average molecular weight is 285 g/mol. The van der Waals surface area contributed by atoms with Gasteiger partial charge in [0.05, 0.1) is 18.1 Å². The number of benzene rings is 1. The molecule has 0 saturated carbocycles. The summed E-state index contributed by atoms with van der Waals surface area (Å²) in [5.74, 6) is 0.664. The Morgan fingerprint density at radius 1 is 1.33 bits per heavy atom. The summed E-state index contributed by atoms with van der Waals surface area (Å²) < 4.78 is 10.6. The molecule has 0 N–H and O–H groups in total. The Hall–Kier alpha value is -3.14. The predicted molar refractivity (Wildman–Crippen MR) is 72.9 cm³/mol. The molecule has 1 heterocycles. The summed E-state index contributed by atoms with van der Waals surface area (Å²) in [6.45, 7) is 0.200. The number of nitro benzene ring substituents is 1. The van der Waals surface area contributed by atoms with Crippen LogP contribution in [0, 0.1) is 21.4 Å². The molecule has 106 valence electrons. The zero-order valence-electron chi connectivity index (χ0n) is 11.1. The third kappa shape index (κ3) is 3.45. The number of rotatable bonds is 5. The molecule has 0 radical (unpaired) electrons. The van der Waals surface area contributed by atoms with Crippen molar-refractivity contribution in [3.63, 3.8) is 0 Å². The molecule has 0 aliphatic heterocycles. The van der Waals surface area contributed by atoms with Gasteiger partial charge < -0.3 is 9.47 Å². The number of methoxy groups -OCH3 is 1. The Kier molecular flexibility index (Phi) is 4.31. The number of nitriles is 1. The van der Waals surface area contributed by atoms with E-state index in [-0.39, 0.29) is 18.0 Å². The molecule has 0 fully saturated rings. The third-order valence-electron chi connectivity index (χ3n) is 2.69. The Labute approximate surface area is 120 Å². The SMILES string of the molecule is COc1cc([N+](=O)[O-])ccc1OCc1ccnc(C#N)c1. The number of hydrogen-bond acceptors (Lipinski definition) is 6. The molecule has 1 aromatic carbocycles. The minimum absolute atomic E-state index is 0.0742. The Morgan fingerprint density at radius 2 is 2.14 bits per heavy atom. The van der Waals surface area contributed by atoms with E-state index in [0.29, 0.717) is 11.4 Å². The van der Waals surface area contributed by atoms with Crippen molar-refractivity contribution in [1.82, 2.24) is 4.98 Å². The smallest absolute Gasteiger partial charge is 0.273 e. The summed E-state index contributed by atoms with van der Waals surface area (Å²) in [4.78, 5) is 14.1. The second-order valence-corrected chi connectivity index (χ2v) is 4.04. The van der Waals surface area contributed by atoms with Crippen LogP contribution in [0.25, 0.3) is 0 Å². The molecule has 2 rings (SSSR count). The lowest BCUT2D eigenvalue weighted by Crippen LogP contribution is -1.99. The fourth-order valence-corrected chi connectivity index (χ4v) is 1.68. The van der Waals surface area contributed by atoms with Gasteiger partial charge in [-0.1, -0.05) is 0 Å². The van der Waals surface area contributed by atoms with Crippen molar-refractivity contribution in [3.05, 3.63) is 57.9 Å². The molecule has 0 aliphatic carbocycles. The van der Waals surface area contributed by atoms with Gasteiger partial charge >= 0.3 is 0 Å². The van der Waals surface area contributed by atoms with Crippen LogP contribution < -0.4 is 9.47 Å². The van der Waals surface area contributed by atoms with Gasteiger partial charge in [-0.2, -0.15) is 5.26 Å². The van der Waals surface area contributed by atoms with E-state index < -0.39 is 4.92 Å². The van der Waals surface area contributed by atoms with Crippen molar-refractivity contribution in [2.45, 2.75) is 6.61 Å². The maximum absolute atomic E-state index is 10.7. The van der Waals surface area contributed by atoms with Crippen LogP contribution in [0.5, 0.6) is 11.5 Å². The number of nitrogens with zero attached hydrogens (tertiary/aromatic N) is 3. The van der Waals surface area contributed by atoms with E-state index in [1.54, 1.807) is 12.1 Å². The largest absolute Gasteiger partial charge is 0.493 e. The van der Waals surface area contributed by atoms with Gasteiger partial charge in [0.25, 0.3) is 5.69 Å². The minimum Gasteiger partial charge on any atom is -0.493 e. The van der Waals surface area contributed by atoms with E-state index in [1.807, 2.05) is 6.07 Å². The molecule has 0 spiro atoms. The average Bonchev–Trinajstić information content (AvgIpc) is 2.52. The molecular formula is C14H11N3O4. The number of non-ortho nitro benzene ring substituents is 1. The zero-order valence-corrected chi connectivity index (χ0v) is 11.1. The van der Waals surface area contributed by atoms with Crippen LogP contribution in [0.4, 0.5) is 5.69 Å². The lowest BCUT2D eigenvalue weighted by atomic mass is 10.2. The number of aromatic nitrogens is 1. The van der Waals surface area contributed by atoms with Gasteiger partial charge in [0.1, 0.15) is 18.4 Å². The summed E-state index contributed by atoms with van der Waals surface area (Å²) in [6, 6.07) is 9.38. The van der Waals surface area contributed by atoms with Crippen LogP contribution in [0.1, 0.15) is 11.3 Å². The molecule has 0 aliphatic rings. The summed E-state index contributed by atoms with van der Waals surface area (Å²) in [7, 11) is 1.41. The Balaban J connectivity index is 2.16. The van der Waals surface area contributed by atoms with Crippen molar-refractivity contribution < 1.29 is 14.4 Å². The van der Waals surface area contributed by atoms with E-state index in [4.69, 9.17) is 14.7 Å². The highest BCUT2D eigenvalue weighted by Gasteiger charge is 2.12. The van der Waals surface area contributed by atoms with Crippen molar-refractivity contribution >= 4 is 5.69 Å². The molecule has 7 nitrogen and oxygen atoms in total. The van der Waals surface area contributed by atoms with Gasteiger partial charge in [0.2, 0.25) is 0 Å². The van der Waals surface area contributed by atoms with Crippen LogP contribution >= 0.6 is 0 Å². The fourth-order valence-electron chi connectivity index (χ4n) is 1.68. The van der Waals surface area contributed by atoms with Gasteiger partial charge in [0, 0.05) is 12.3 Å². The van der Waals surface area contributed by atoms with Crippen molar-refractivity contribution in [2.24, 2.45) is 0 Å². The van der Waals surface area contributed by atoms with Crippen LogP contribution in [-0.2, 0) is 6.61 Å². The molecular weight excluding hydrogens is 274 g/mol. The number of hydrogen-bond donors (Lipinski definition) is 0. The van der Waals surface area contributed by atoms with Crippen molar-refractivity contribution in [3.8, 4) is 17.6 Å². The van der Waals surface area contributed by atoms with Crippen LogP contribution in [0.15, 0.2) is 36.5 Å². The maximum atomic E-state index is 10.7. The molecule has 0 atom stereocenters. The van der Waals surface area contributed by atoms with Crippen LogP contribution in [-0.4, -0.2) is 17.0 Å². The Bertz CT molecular complexity index is 710. The van der Waals surface area contributed by atoms with Gasteiger partial charge in [0.15, 0.2) is 11.5 Å². The highest BCUT2D eigenvalue weighted by molar-refractivity contribution is 5.48. The zero-order chi connectivity index (χ0) is 15.2. The van der Waals surface area contributed by atoms with Crippen LogP contribution in [0.2, 0.25) is 0 Å². The summed E-state index contributed by atoms with van der Waals surface area (Å²) in [5.41, 5.74) is 0.989. The van der Waals surface area contributed by atoms with E-state index in [0.717, 1.165) is 5.56 Å². The van der Waals surface area contributed by atoms with E-state index in [9.17, 15) is 10.1 Å². The van der Waals surface area contributed by atoms with Gasteiger partial charge in [-0.3, -0.25) is 10.1 Å². The lowest BCUT2D eigenvalue weighted by molar-refractivity contribution is -0.385. The Morgan fingerprint density at radius 3 is 2.81 bits per heavy atom. The first kappa shape index (κ1) is 14.3. The number of nitro groups is 1.